The summed E-state index contributed by atoms with van der Waals surface area (Å²) < 4.78 is 11.8. The molecular weight excluding hydrogens is 360 g/mol. The second kappa shape index (κ2) is 9.90. The average molecular weight is 385 g/mol. The average Bonchev–Trinajstić information content (AvgIpc) is 2.58. The van der Waals surface area contributed by atoms with Gasteiger partial charge in [0.2, 0.25) is 0 Å². The lowest BCUT2D eigenvalue weighted by atomic mass is 10.2. The number of benzene rings is 1. The first-order valence-corrected chi connectivity index (χ1v) is 8.96. The Morgan fingerprint density at radius 3 is 2.87 bits per heavy atom. The summed E-state index contributed by atoms with van der Waals surface area (Å²) in [5.74, 6) is 0.615. The highest BCUT2D eigenvalue weighted by Crippen LogP contribution is 2.26. The van der Waals surface area contributed by atoms with Gasteiger partial charge in [-0.2, -0.15) is 0 Å². The lowest BCUT2D eigenvalue weighted by Crippen LogP contribution is -2.38. The number of halogens is 1. The van der Waals surface area contributed by atoms with Crippen molar-refractivity contribution in [1.82, 2.24) is 10.2 Å². The van der Waals surface area contributed by atoms with Crippen LogP contribution in [0, 0.1) is 0 Å². The van der Waals surface area contributed by atoms with Crippen LogP contribution in [0.15, 0.2) is 22.7 Å². The first kappa shape index (κ1) is 18.2. The molecule has 128 valence electrons. The zero-order valence-electron chi connectivity index (χ0n) is 13.6. The SMILES string of the molecule is CCc1ccc(OCC(=O)NCCCN2CCOCC2)c(Br)c1. The van der Waals surface area contributed by atoms with E-state index in [0.29, 0.717) is 12.3 Å². The molecule has 1 aliphatic rings. The summed E-state index contributed by atoms with van der Waals surface area (Å²) in [4.78, 5) is 14.2. The third-order valence-electron chi connectivity index (χ3n) is 3.84. The molecule has 1 aromatic carbocycles. The van der Waals surface area contributed by atoms with E-state index in [2.05, 4.69) is 33.1 Å². The molecule has 1 saturated heterocycles. The quantitative estimate of drug-likeness (QED) is 0.698. The third kappa shape index (κ3) is 6.49. The lowest BCUT2D eigenvalue weighted by Gasteiger charge is -2.26. The van der Waals surface area contributed by atoms with Crippen LogP contribution in [0.1, 0.15) is 18.9 Å². The fraction of sp³-hybridized carbons (Fsp3) is 0.588. The predicted molar refractivity (Wildman–Crippen MR) is 93.9 cm³/mol. The number of rotatable bonds is 8. The van der Waals surface area contributed by atoms with E-state index in [4.69, 9.17) is 9.47 Å². The molecule has 0 spiro atoms. The van der Waals surface area contributed by atoms with E-state index in [1.54, 1.807) is 0 Å². The van der Waals surface area contributed by atoms with Gasteiger partial charge in [-0.3, -0.25) is 9.69 Å². The number of nitrogens with zero attached hydrogens (tertiary/aromatic N) is 1. The fourth-order valence-electron chi connectivity index (χ4n) is 2.43. The number of hydrogen-bond donors (Lipinski definition) is 1. The monoisotopic (exact) mass is 384 g/mol. The Labute approximate surface area is 146 Å². The summed E-state index contributed by atoms with van der Waals surface area (Å²) in [6, 6.07) is 5.94. The zero-order chi connectivity index (χ0) is 16.5. The molecule has 0 aliphatic carbocycles. The largest absolute Gasteiger partial charge is 0.483 e. The Bertz CT molecular complexity index is 505. The van der Waals surface area contributed by atoms with Crippen molar-refractivity contribution in [1.29, 1.82) is 0 Å². The Balaban J connectivity index is 1.61. The molecule has 1 aliphatic heterocycles. The van der Waals surface area contributed by atoms with Crippen LogP contribution in [0.4, 0.5) is 0 Å². The van der Waals surface area contributed by atoms with Crippen LogP contribution >= 0.6 is 15.9 Å². The molecule has 0 atom stereocenters. The summed E-state index contributed by atoms with van der Waals surface area (Å²) in [7, 11) is 0. The van der Waals surface area contributed by atoms with Crippen molar-refractivity contribution in [3.63, 3.8) is 0 Å². The van der Waals surface area contributed by atoms with Gasteiger partial charge in [0.15, 0.2) is 6.61 Å². The van der Waals surface area contributed by atoms with E-state index in [1.807, 2.05) is 18.2 Å². The molecule has 0 aromatic heterocycles. The van der Waals surface area contributed by atoms with Gasteiger partial charge in [-0.1, -0.05) is 13.0 Å². The van der Waals surface area contributed by atoms with Gasteiger partial charge in [0.1, 0.15) is 5.75 Å². The van der Waals surface area contributed by atoms with E-state index < -0.39 is 0 Å². The van der Waals surface area contributed by atoms with E-state index in [9.17, 15) is 4.79 Å². The molecule has 1 fully saturated rings. The van der Waals surface area contributed by atoms with Crippen molar-refractivity contribution in [3.8, 4) is 5.75 Å². The minimum Gasteiger partial charge on any atom is -0.483 e. The Hall–Kier alpha value is -1.11. The highest BCUT2D eigenvalue weighted by molar-refractivity contribution is 9.10. The number of morpholine rings is 1. The number of carbonyl (C=O) groups excluding carboxylic acids is 1. The smallest absolute Gasteiger partial charge is 0.257 e. The fourth-order valence-corrected chi connectivity index (χ4v) is 2.97. The predicted octanol–water partition coefficient (Wildman–Crippen LogP) is 2.23. The van der Waals surface area contributed by atoms with Gasteiger partial charge in [-0.15, -0.1) is 0 Å². The van der Waals surface area contributed by atoms with E-state index in [1.165, 1.54) is 5.56 Å². The Kier molecular flexibility index (Phi) is 7.85. The third-order valence-corrected chi connectivity index (χ3v) is 4.46. The van der Waals surface area contributed by atoms with Gasteiger partial charge in [-0.05, 0) is 53.0 Å². The molecule has 5 nitrogen and oxygen atoms in total. The van der Waals surface area contributed by atoms with Crippen molar-refractivity contribution in [2.75, 3.05) is 46.0 Å². The number of ether oxygens (including phenoxy) is 2. The van der Waals surface area contributed by atoms with Crippen LogP contribution in [0.25, 0.3) is 0 Å². The molecule has 1 N–H and O–H groups in total. The molecule has 0 unspecified atom stereocenters. The number of carbonyl (C=O) groups is 1. The molecule has 0 saturated carbocycles. The van der Waals surface area contributed by atoms with E-state index in [-0.39, 0.29) is 12.5 Å². The molecule has 1 amide bonds. The molecule has 6 heteroatoms. The summed E-state index contributed by atoms with van der Waals surface area (Å²) in [5, 5.41) is 2.90. The molecule has 1 aromatic rings. The second-order valence-corrected chi connectivity index (χ2v) is 6.42. The highest BCUT2D eigenvalue weighted by atomic mass is 79.9. The summed E-state index contributed by atoms with van der Waals surface area (Å²) >= 11 is 3.47. The maximum atomic E-state index is 11.8. The van der Waals surface area contributed by atoms with Crippen LogP contribution in [0.2, 0.25) is 0 Å². The van der Waals surface area contributed by atoms with E-state index >= 15 is 0 Å². The molecule has 0 bridgehead atoms. The number of nitrogens with one attached hydrogen (secondary N) is 1. The first-order chi connectivity index (χ1) is 11.2. The summed E-state index contributed by atoms with van der Waals surface area (Å²) in [5.41, 5.74) is 1.23. The molecule has 1 heterocycles. The van der Waals surface area contributed by atoms with E-state index in [0.717, 1.165) is 50.2 Å². The summed E-state index contributed by atoms with van der Waals surface area (Å²) in [6.07, 6.45) is 1.92. The topological polar surface area (TPSA) is 50.8 Å². The highest BCUT2D eigenvalue weighted by Gasteiger charge is 2.10. The van der Waals surface area contributed by atoms with Crippen LogP contribution in [0.3, 0.4) is 0 Å². The van der Waals surface area contributed by atoms with Gasteiger partial charge in [0.25, 0.3) is 5.91 Å². The van der Waals surface area contributed by atoms with Crippen LogP contribution < -0.4 is 10.1 Å². The molecular formula is C17H25BrN2O3. The van der Waals surface area contributed by atoms with Crippen LogP contribution in [0.5, 0.6) is 5.75 Å². The Morgan fingerprint density at radius 1 is 1.39 bits per heavy atom. The number of hydrogen-bond acceptors (Lipinski definition) is 4. The molecule has 0 radical (unpaired) electrons. The first-order valence-electron chi connectivity index (χ1n) is 8.17. The lowest BCUT2D eigenvalue weighted by molar-refractivity contribution is -0.123. The van der Waals surface area contributed by atoms with Crippen molar-refractivity contribution >= 4 is 21.8 Å². The second-order valence-electron chi connectivity index (χ2n) is 5.56. The maximum absolute atomic E-state index is 11.8. The van der Waals surface area contributed by atoms with Gasteiger partial charge < -0.3 is 14.8 Å². The van der Waals surface area contributed by atoms with Gasteiger partial charge >= 0.3 is 0 Å². The van der Waals surface area contributed by atoms with Gasteiger partial charge in [0, 0.05) is 19.6 Å². The van der Waals surface area contributed by atoms with Crippen molar-refractivity contribution in [2.24, 2.45) is 0 Å². The van der Waals surface area contributed by atoms with Gasteiger partial charge in [0.05, 0.1) is 17.7 Å². The van der Waals surface area contributed by atoms with Crippen LogP contribution in [-0.2, 0) is 16.0 Å². The number of aryl methyl sites for hydroxylation is 1. The number of amides is 1. The standard InChI is InChI=1S/C17H25BrN2O3/c1-2-14-4-5-16(15(18)12-14)23-13-17(21)19-6-3-7-20-8-10-22-11-9-20/h4-5,12H,2-3,6-11,13H2,1H3,(H,19,21). The van der Waals surface area contributed by atoms with Crippen molar-refractivity contribution in [2.45, 2.75) is 19.8 Å². The van der Waals surface area contributed by atoms with Gasteiger partial charge in [-0.25, -0.2) is 0 Å². The van der Waals surface area contributed by atoms with Crippen molar-refractivity contribution < 1.29 is 14.3 Å². The molecule has 2 rings (SSSR count). The normalized spacial score (nSPS) is 15.4. The minimum atomic E-state index is -0.0848. The summed E-state index contributed by atoms with van der Waals surface area (Å²) in [6.45, 7) is 7.41. The maximum Gasteiger partial charge on any atom is 0.257 e. The van der Waals surface area contributed by atoms with Crippen molar-refractivity contribution in [3.05, 3.63) is 28.2 Å². The Morgan fingerprint density at radius 2 is 2.17 bits per heavy atom. The zero-order valence-corrected chi connectivity index (χ0v) is 15.2. The minimum absolute atomic E-state index is 0.0433. The molecule has 23 heavy (non-hydrogen) atoms. The van der Waals surface area contributed by atoms with Crippen LogP contribution in [-0.4, -0.2) is 56.8 Å².